The molecule has 0 heterocycles. The molecule has 0 bridgehead atoms. The lowest BCUT2D eigenvalue weighted by molar-refractivity contribution is -0.155. The smallest absolute Gasteiger partial charge is 0.326 e. The zero-order chi connectivity index (χ0) is 29.5. The Balaban J connectivity index is 2.26. The standard InChI is InChI=1S/C30H41N3O6S/c1-5-31-26(25(20(2)3)30(38)39-19-22-14-10-7-11-15-22)28(35)33-24(18-21-12-8-6-9-13-21)27(34)32-23(29(36)37)16-17-40-4/h6-15,20,23-26,31H,5,16-19H2,1-4H3,(H,32,34)(H,33,35)(H,36,37)/t23-,24-,25?,26-/m0/s1. The van der Waals surface area contributed by atoms with Crippen molar-refractivity contribution in [2.45, 2.75) is 58.3 Å². The van der Waals surface area contributed by atoms with E-state index in [1.54, 1.807) is 0 Å². The summed E-state index contributed by atoms with van der Waals surface area (Å²) >= 11 is 1.48. The van der Waals surface area contributed by atoms with E-state index in [1.165, 1.54) is 11.8 Å². The molecule has 0 radical (unpaired) electrons. The molecule has 218 valence electrons. The molecule has 2 aromatic rings. The van der Waals surface area contributed by atoms with Gasteiger partial charge in [0.25, 0.3) is 0 Å². The predicted molar refractivity (Wildman–Crippen MR) is 157 cm³/mol. The zero-order valence-electron chi connectivity index (χ0n) is 23.6. The third-order valence-corrected chi connectivity index (χ3v) is 7.06. The monoisotopic (exact) mass is 571 g/mol. The minimum atomic E-state index is -1.14. The van der Waals surface area contributed by atoms with Gasteiger partial charge in [0, 0.05) is 6.42 Å². The van der Waals surface area contributed by atoms with Crippen molar-refractivity contribution >= 4 is 35.5 Å². The van der Waals surface area contributed by atoms with Crippen LogP contribution in [0.25, 0.3) is 0 Å². The number of benzene rings is 2. The summed E-state index contributed by atoms with van der Waals surface area (Å²) in [7, 11) is 0. The molecule has 4 atom stereocenters. The van der Waals surface area contributed by atoms with Crippen molar-refractivity contribution in [2.75, 3.05) is 18.6 Å². The second-order valence-electron chi connectivity index (χ2n) is 9.83. The van der Waals surface area contributed by atoms with Crippen LogP contribution in [0.3, 0.4) is 0 Å². The molecular formula is C30H41N3O6S. The molecule has 0 aliphatic heterocycles. The molecule has 4 N–H and O–H groups in total. The van der Waals surface area contributed by atoms with E-state index in [9.17, 15) is 24.3 Å². The molecule has 0 saturated carbocycles. The van der Waals surface area contributed by atoms with Crippen LogP contribution in [-0.4, -0.2) is 65.5 Å². The van der Waals surface area contributed by atoms with Crippen molar-refractivity contribution in [2.24, 2.45) is 11.8 Å². The summed E-state index contributed by atoms with van der Waals surface area (Å²) in [6, 6.07) is 15.3. The summed E-state index contributed by atoms with van der Waals surface area (Å²) in [5, 5.41) is 18.1. The molecule has 0 aliphatic rings. The van der Waals surface area contributed by atoms with Gasteiger partial charge in [-0.3, -0.25) is 14.4 Å². The number of hydrogen-bond donors (Lipinski definition) is 4. The maximum atomic E-state index is 13.7. The highest BCUT2D eigenvalue weighted by Crippen LogP contribution is 2.20. The van der Waals surface area contributed by atoms with Crippen LogP contribution in [0.2, 0.25) is 0 Å². The SMILES string of the molecule is CCN[C@H](C(=O)N[C@@H](Cc1ccccc1)C(=O)N[C@@H](CCSC)C(=O)O)C(C(=O)OCc1ccccc1)C(C)C. The van der Waals surface area contributed by atoms with Gasteiger partial charge in [-0.05, 0) is 42.0 Å². The first-order valence-corrected chi connectivity index (χ1v) is 14.9. The van der Waals surface area contributed by atoms with Crippen molar-refractivity contribution in [1.82, 2.24) is 16.0 Å². The number of likely N-dealkylation sites (N-methyl/N-ethyl adjacent to an activating group) is 1. The average molecular weight is 572 g/mol. The lowest BCUT2D eigenvalue weighted by Gasteiger charge is -2.30. The third-order valence-electron chi connectivity index (χ3n) is 6.42. The van der Waals surface area contributed by atoms with Crippen LogP contribution >= 0.6 is 11.8 Å². The van der Waals surface area contributed by atoms with Gasteiger partial charge in [0.1, 0.15) is 24.7 Å². The van der Waals surface area contributed by atoms with Crippen LogP contribution in [0.15, 0.2) is 60.7 Å². The number of nitrogens with one attached hydrogen (secondary N) is 3. The number of rotatable bonds is 17. The number of carbonyl (C=O) groups excluding carboxylic acids is 3. The van der Waals surface area contributed by atoms with E-state index in [4.69, 9.17) is 4.74 Å². The molecule has 9 nitrogen and oxygen atoms in total. The lowest BCUT2D eigenvalue weighted by atomic mass is 9.87. The van der Waals surface area contributed by atoms with Gasteiger partial charge in [-0.15, -0.1) is 0 Å². The van der Waals surface area contributed by atoms with Crippen LogP contribution in [-0.2, 0) is 36.9 Å². The first kappa shape index (κ1) is 32.8. The molecule has 2 rings (SSSR count). The fourth-order valence-corrected chi connectivity index (χ4v) is 4.78. The number of thioether (sulfide) groups is 1. The van der Waals surface area contributed by atoms with E-state index in [0.29, 0.717) is 12.3 Å². The highest BCUT2D eigenvalue weighted by atomic mass is 32.2. The van der Waals surface area contributed by atoms with Crippen molar-refractivity contribution in [1.29, 1.82) is 0 Å². The van der Waals surface area contributed by atoms with Crippen molar-refractivity contribution < 1.29 is 29.0 Å². The van der Waals surface area contributed by atoms with Crippen molar-refractivity contribution in [3.05, 3.63) is 71.8 Å². The molecular weight excluding hydrogens is 530 g/mol. The van der Waals surface area contributed by atoms with E-state index in [-0.39, 0.29) is 25.4 Å². The number of esters is 1. The molecule has 0 spiro atoms. The molecule has 2 aromatic carbocycles. The molecule has 2 amide bonds. The number of amides is 2. The predicted octanol–water partition coefficient (Wildman–Crippen LogP) is 3.03. The van der Waals surface area contributed by atoms with Crippen molar-refractivity contribution in [3.63, 3.8) is 0 Å². The molecule has 0 aliphatic carbocycles. The molecule has 40 heavy (non-hydrogen) atoms. The minimum Gasteiger partial charge on any atom is -0.480 e. The van der Waals surface area contributed by atoms with E-state index in [0.717, 1.165) is 11.1 Å². The van der Waals surface area contributed by atoms with Crippen LogP contribution in [0.5, 0.6) is 0 Å². The van der Waals surface area contributed by atoms with E-state index < -0.39 is 47.8 Å². The number of carbonyl (C=O) groups is 4. The molecule has 0 fully saturated rings. The van der Waals surface area contributed by atoms with Crippen LogP contribution in [0.4, 0.5) is 0 Å². The van der Waals surface area contributed by atoms with Crippen LogP contribution in [0, 0.1) is 11.8 Å². The summed E-state index contributed by atoms with van der Waals surface area (Å²) in [6.45, 7) is 5.98. The van der Waals surface area contributed by atoms with Gasteiger partial charge >= 0.3 is 11.9 Å². The van der Waals surface area contributed by atoms with Crippen molar-refractivity contribution in [3.8, 4) is 0 Å². The topological polar surface area (TPSA) is 134 Å². The minimum absolute atomic E-state index is 0.0784. The van der Waals surface area contributed by atoms with Crippen LogP contribution < -0.4 is 16.0 Å². The first-order valence-electron chi connectivity index (χ1n) is 13.5. The lowest BCUT2D eigenvalue weighted by Crippen LogP contribution is -2.58. The highest BCUT2D eigenvalue weighted by Gasteiger charge is 2.38. The van der Waals surface area contributed by atoms with Gasteiger partial charge in [0.05, 0.1) is 5.92 Å². The molecule has 10 heteroatoms. The van der Waals surface area contributed by atoms with Gasteiger partial charge in [-0.1, -0.05) is 81.4 Å². The van der Waals surface area contributed by atoms with Gasteiger partial charge in [0.15, 0.2) is 0 Å². The molecule has 1 unspecified atom stereocenters. The highest BCUT2D eigenvalue weighted by molar-refractivity contribution is 7.98. The normalized spacial score (nSPS) is 14.0. The summed E-state index contributed by atoms with van der Waals surface area (Å²) in [5.74, 6) is -3.32. The number of carboxylic acids is 1. The second kappa shape index (κ2) is 17.3. The Morgan fingerprint density at radius 2 is 1.45 bits per heavy atom. The number of ether oxygens (including phenoxy) is 1. The average Bonchev–Trinajstić information content (AvgIpc) is 2.94. The number of hydrogen-bond acceptors (Lipinski definition) is 7. The fourth-order valence-electron chi connectivity index (χ4n) is 4.31. The van der Waals surface area contributed by atoms with Crippen LogP contribution in [0.1, 0.15) is 38.3 Å². The Morgan fingerprint density at radius 3 is 1.98 bits per heavy atom. The Bertz CT molecular complexity index is 1080. The fraction of sp³-hybridized carbons (Fsp3) is 0.467. The maximum Gasteiger partial charge on any atom is 0.326 e. The Kier molecular flexibility index (Phi) is 14.2. The summed E-state index contributed by atoms with van der Waals surface area (Å²) < 4.78 is 5.59. The maximum absolute atomic E-state index is 13.7. The number of aliphatic carboxylic acids is 1. The summed E-state index contributed by atoms with van der Waals surface area (Å²) in [5.41, 5.74) is 1.62. The Hall–Kier alpha value is -3.37. The molecule has 0 saturated heterocycles. The molecule has 0 aromatic heterocycles. The van der Waals surface area contributed by atoms with E-state index in [2.05, 4.69) is 16.0 Å². The third kappa shape index (κ3) is 10.7. The van der Waals surface area contributed by atoms with E-state index in [1.807, 2.05) is 87.7 Å². The zero-order valence-corrected chi connectivity index (χ0v) is 24.4. The Morgan fingerprint density at radius 1 is 0.875 bits per heavy atom. The summed E-state index contributed by atoms with van der Waals surface area (Å²) in [6.07, 6.45) is 2.25. The second-order valence-corrected chi connectivity index (χ2v) is 10.8. The van der Waals surface area contributed by atoms with Gasteiger partial charge < -0.3 is 25.8 Å². The number of carboxylic acid groups (broad SMARTS) is 1. The van der Waals surface area contributed by atoms with E-state index >= 15 is 0 Å². The largest absolute Gasteiger partial charge is 0.480 e. The Labute approximate surface area is 240 Å². The van der Waals surface area contributed by atoms with Gasteiger partial charge in [-0.2, -0.15) is 11.8 Å². The van der Waals surface area contributed by atoms with Gasteiger partial charge in [0.2, 0.25) is 11.8 Å². The quantitative estimate of drug-likeness (QED) is 0.213. The van der Waals surface area contributed by atoms with Gasteiger partial charge in [-0.25, -0.2) is 4.79 Å². The summed E-state index contributed by atoms with van der Waals surface area (Å²) in [4.78, 5) is 52.0. The first-order chi connectivity index (χ1) is 19.2.